The minimum Gasteiger partial charge on any atom is -0.370 e. The number of carbonyl (C=O) groups excluding carboxylic acids is 1. The first-order chi connectivity index (χ1) is 13.5. The van der Waals surface area contributed by atoms with Gasteiger partial charge in [-0.25, -0.2) is 9.97 Å². The first kappa shape index (κ1) is 20.3. The van der Waals surface area contributed by atoms with Gasteiger partial charge in [-0.15, -0.1) is 0 Å². The maximum absolute atomic E-state index is 12.9. The van der Waals surface area contributed by atoms with Gasteiger partial charge in [0.1, 0.15) is 17.3 Å². The zero-order chi connectivity index (χ0) is 19.9. The molecule has 0 radical (unpaired) electrons. The fourth-order valence-corrected chi connectivity index (χ4v) is 3.37. The monoisotopic (exact) mass is 381 g/mol. The van der Waals surface area contributed by atoms with Gasteiger partial charge in [-0.05, 0) is 24.8 Å². The maximum Gasteiger partial charge on any atom is 0.272 e. The number of amides is 1. The first-order valence-electron chi connectivity index (χ1n) is 10.2. The molecule has 6 nitrogen and oxygen atoms in total. The van der Waals surface area contributed by atoms with Crippen molar-refractivity contribution in [2.75, 3.05) is 38.0 Å². The van der Waals surface area contributed by atoms with E-state index in [1.165, 1.54) is 5.56 Å². The highest BCUT2D eigenvalue weighted by Crippen LogP contribution is 2.13. The third-order valence-corrected chi connectivity index (χ3v) is 4.99. The number of anilines is 1. The molecule has 1 aromatic carbocycles. The van der Waals surface area contributed by atoms with E-state index in [9.17, 15) is 4.79 Å². The third kappa shape index (κ3) is 5.76. The van der Waals surface area contributed by atoms with Crippen molar-refractivity contribution in [2.45, 2.75) is 33.7 Å². The number of aromatic nitrogens is 2. The second-order valence-electron chi connectivity index (χ2n) is 7.85. The molecular weight excluding hydrogens is 350 g/mol. The Kier molecular flexibility index (Phi) is 6.98. The lowest BCUT2D eigenvalue weighted by atomic mass is 10.1. The number of hydrogen-bond donors (Lipinski definition) is 1. The molecule has 1 aliphatic heterocycles. The summed E-state index contributed by atoms with van der Waals surface area (Å²) < 4.78 is 0. The van der Waals surface area contributed by atoms with E-state index < -0.39 is 0 Å². The molecule has 1 saturated heterocycles. The summed E-state index contributed by atoms with van der Waals surface area (Å²) in [5, 5.41) is 3.32. The van der Waals surface area contributed by atoms with Crippen LogP contribution in [0.4, 0.5) is 5.82 Å². The van der Waals surface area contributed by atoms with Crippen LogP contribution in [0.2, 0.25) is 0 Å². The van der Waals surface area contributed by atoms with Crippen LogP contribution in [-0.2, 0) is 6.54 Å². The van der Waals surface area contributed by atoms with E-state index >= 15 is 0 Å². The lowest BCUT2D eigenvalue weighted by Gasteiger charge is -2.34. The number of benzene rings is 1. The molecule has 1 aromatic heterocycles. The molecule has 0 atom stereocenters. The number of hydrogen-bond acceptors (Lipinski definition) is 5. The van der Waals surface area contributed by atoms with Gasteiger partial charge in [0.15, 0.2) is 0 Å². The number of aryl methyl sites for hydroxylation is 1. The number of piperazine rings is 1. The first-order valence-corrected chi connectivity index (χ1v) is 10.2. The molecule has 0 spiro atoms. The molecule has 2 heterocycles. The van der Waals surface area contributed by atoms with Gasteiger partial charge in [-0.1, -0.05) is 44.2 Å². The van der Waals surface area contributed by atoms with Gasteiger partial charge in [0.2, 0.25) is 0 Å². The number of nitrogens with zero attached hydrogens (tertiary/aromatic N) is 4. The SMILES string of the molecule is Cc1nc(NCCC(C)C)cc(C(=O)N2CCN(Cc3ccccc3)CC2)n1. The van der Waals surface area contributed by atoms with Crippen molar-refractivity contribution < 1.29 is 4.79 Å². The van der Waals surface area contributed by atoms with Crippen LogP contribution in [0.15, 0.2) is 36.4 Å². The molecule has 1 fully saturated rings. The Hall–Kier alpha value is -2.47. The highest BCUT2D eigenvalue weighted by atomic mass is 16.2. The Morgan fingerprint density at radius 3 is 2.50 bits per heavy atom. The quantitative estimate of drug-likeness (QED) is 0.798. The molecule has 0 aliphatic carbocycles. The second-order valence-corrected chi connectivity index (χ2v) is 7.85. The van der Waals surface area contributed by atoms with Gasteiger partial charge in [0, 0.05) is 45.3 Å². The fraction of sp³-hybridized carbons (Fsp3) is 0.500. The molecular formula is C22H31N5O. The molecule has 0 saturated carbocycles. The van der Waals surface area contributed by atoms with Gasteiger partial charge in [-0.3, -0.25) is 9.69 Å². The van der Waals surface area contributed by atoms with Crippen molar-refractivity contribution in [3.05, 3.63) is 53.5 Å². The smallest absolute Gasteiger partial charge is 0.272 e. The lowest BCUT2D eigenvalue weighted by molar-refractivity contribution is 0.0622. The van der Waals surface area contributed by atoms with E-state index in [0.29, 0.717) is 17.4 Å². The molecule has 1 amide bonds. The average molecular weight is 382 g/mol. The van der Waals surface area contributed by atoms with Crippen molar-refractivity contribution >= 4 is 11.7 Å². The van der Waals surface area contributed by atoms with Crippen LogP contribution in [0.5, 0.6) is 0 Å². The standard InChI is InChI=1S/C22H31N5O/c1-17(2)9-10-23-21-15-20(24-18(3)25-21)22(28)27-13-11-26(12-14-27)16-19-7-5-4-6-8-19/h4-8,15,17H,9-14,16H2,1-3H3,(H,23,24,25). The number of rotatable bonds is 7. The van der Waals surface area contributed by atoms with Gasteiger partial charge in [-0.2, -0.15) is 0 Å². The van der Waals surface area contributed by atoms with Crippen LogP contribution in [0, 0.1) is 12.8 Å². The van der Waals surface area contributed by atoms with Crippen molar-refractivity contribution in [3.8, 4) is 0 Å². The maximum atomic E-state index is 12.9. The molecule has 0 bridgehead atoms. The van der Waals surface area contributed by atoms with Crippen molar-refractivity contribution in [2.24, 2.45) is 5.92 Å². The number of carbonyl (C=O) groups is 1. The summed E-state index contributed by atoms with van der Waals surface area (Å²) in [6.45, 7) is 11.2. The molecule has 150 valence electrons. The highest BCUT2D eigenvalue weighted by Gasteiger charge is 2.23. The van der Waals surface area contributed by atoms with Gasteiger partial charge in [0.25, 0.3) is 5.91 Å². The molecule has 0 unspecified atom stereocenters. The number of nitrogens with one attached hydrogen (secondary N) is 1. The molecule has 3 rings (SSSR count). The molecule has 28 heavy (non-hydrogen) atoms. The van der Waals surface area contributed by atoms with Crippen molar-refractivity contribution in [1.29, 1.82) is 0 Å². The van der Waals surface area contributed by atoms with Gasteiger partial charge >= 0.3 is 0 Å². The zero-order valence-corrected chi connectivity index (χ0v) is 17.2. The fourth-order valence-electron chi connectivity index (χ4n) is 3.37. The zero-order valence-electron chi connectivity index (χ0n) is 17.2. The average Bonchev–Trinajstić information content (AvgIpc) is 2.68. The van der Waals surface area contributed by atoms with E-state index in [1.54, 1.807) is 6.07 Å². The van der Waals surface area contributed by atoms with E-state index in [2.05, 4.69) is 58.3 Å². The van der Waals surface area contributed by atoms with Crippen LogP contribution in [0.1, 0.15) is 42.1 Å². The molecule has 2 aromatic rings. The Morgan fingerprint density at radius 2 is 1.82 bits per heavy atom. The Morgan fingerprint density at radius 1 is 1.11 bits per heavy atom. The predicted octanol–water partition coefficient (Wildman–Crippen LogP) is 3.20. The Bertz CT molecular complexity index is 770. The summed E-state index contributed by atoms with van der Waals surface area (Å²) in [6, 6.07) is 12.3. The van der Waals surface area contributed by atoms with Crippen LogP contribution >= 0.6 is 0 Å². The summed E-state index contributed by atoms with van der Waals surface area (Å²) in [5.41, 5.74) is 1.79. The summed E-state index contributed by atoms with van der Waals surface area (Å²) in [7, 11) is 0. The minimum atomic E-state index is -0.00299. The van der Waals surface area contributed by atoms with Gasteiger partial charge in [0.05, 0.1) is 0 Å². The third-order valence-electron chi connectivity index (χ3n) is 4.99. The summed E-state index contributed by atoms with van der Waals surface area (Å²) in [6.07, 6.45) is 1.07. The summed E-state index contributed by atoms with van der Waals surface area (Å²) in [4.78, 5) is 26.0. The van der Waals surface area contributed by atoms with E-state index in [1.807, 2.05) is 17.9 Å². The predicted molar refractivity (Wildman–Crippen MR) is 112 cm³/mol. The lowest BCUT2D eigenvalue weighted by Crippen LogP contribution is -2.48. The van der Waals surface area contributed by atoms with Crippen LogP contribution in [-0.4, -0.2) is 58.4 Å². The Labute approximate surface area is 168 Å². The minimum absolute atomic E-state index is 0.00299. The van der Waals surface area contributed by atoms with Gasteiger partial charge < -0.3 is 10.2 Å². The topological polar surface area (TPSA) is 61.4 Å². The van der Waals surface area contributed by atoms with Crippen LogP contribution in [0.25, 0.3) is 0 Å². The van der Waals surface area contributed by atoms with Crippen LogP contribution < -0.4 is 5.32 Å². The van der Waals surface area contributed by atoms with E-state index in [-0.39, 0.29) is 5.91 Å². The molecule has 1 aliphatic rings. The van der Waals surface area contributed by atoms with Crippen molar-refractivity contribution in [3.63, 3.8) is 0 Å². The summed E-state index contributed by atoms with van der Waals surface area (Å²) in [5.74, 6) is 1.99. The van der Waals surface area contributed by atoms with Crippen molar-refractivity contribution in [1.82, 2.24) is 19.8 Å². The van der Waals surface area contributed by atoms with Crippen LogP contribution in [0.3, 0.4) is 0 Å². The molecule has 1 N–H and O–H groups in total. The highest BCUT2D eigenvalue weighted by molar-refractivity contribution is 5.93. The van der Waals surface area contributed by atoms with E-state index in [0.717, 1.165) is 51.5 Å². The second kappa shape index (κ2) is 9.64. The Balaban J connectivity index is 1.56. The molecule has 6 heteroatoms. The normalized spacial score (nSPS) is 15.1. The van der Waals surface area contributed by atoms with E-state index in [4.69, 9.17) is 0 Å². The summed E-state index contributed by atoms with van der Waals surface area (Å²) >= 11 is 0. The largest absolute Gasteiger partial charge is 0.370 e.